The summed E-state index contributed by atoms with van der Waals surface area (Å²) in [5.41, 5.74) is 0.301. The molecule has 1 heterocycles. The summed E-state index contributed by atoms with van der Waals surface area (Å²) in [5.74, 6) is 0.432. The monoisotopic (exact) mass is 347 g/mol. The number of hydrogen-bond donors (Lipinski definition) is 1. The molecular weight excluding hydrogens is 330 g/mol. The molecule has 0 spiro atoms. The molecule has 1 aliphatic rings. The van der Waals surface area contributed by atoms with Crippen molar-refractivity contribution >= 4 is 27.3 Å². The first kappa shape index (κ1) is 16.9. The van der Waals surface area contributed by atoms with Gasteiger partial charge in [-0.25, -0.2) is 8.42 Å². The second-order valence-corrected chi connectivity index (χ2v) is 7.63. The van der Waals surface area contributed by atoms with E-state index in [1.54, 1.807) is 0 Å². The average molecular weight is 348 g/mol. The summed E-state index contributed by atoms with van der Waals surface area (Å²) in [4.78, 5) is 12.2. The summed E-state index contributed by atoms with van der Waals surface area (Å²) in [6.07, 6.45) is 0.427. The lowest BCUT2D eigenvalue weighted by molar-refractivity contribution is 0.0940. The van der Waals surface area contributed by atoms with Crippen LogP contribution in [0.3, 0.4) is 0 Å². The molecule has 6 nitrogen and oxygen atoms in total. The van der Waals surface area contributed by atoms with Crippen LogP contribution < -0.4 is 14.8 Å². The number of ether oxygens (including phenoxy) is 2. The number of hydrogen-bond acceptors (Lipinski definition) is 5. The molecule has 0 saturated carbocycles. The summed E-state index contributed by atoms with van der Waals surface area (Å²) in [7, 11) is -1.59. The highest BCUT2D eigenvalue weighted by Crippen LogP contribution is 2.36. The number of amides is 1. The number of benzene rings is 1. The Balaban J connectivity index is 2.18. The summed E-state index contributed by atoms with van der Waals surface area (Å²) >= 11 is 6.12. The summed E-state index contributed by atoms with van der Waals surface area (Å²) < 4.78 is 33.4. The van der Waals surface area contributed by atoms with Gasteiger partial charge in [-0.15, -0.1) is 0 Å². The first-order chi connectivity index (χ1) is 10.4. The number of carbonyl (C=O) groups excluding carboxylic acids is 1. The van der Waals surface area contributed by atoms with E-state index in [2.05, 4.69) is 5.32 Å². The molecule has 0 radical (unpaired) electrons. The Morgan fingerprint density at radius 2 is 2.18 bits per heavy atom. The maximum Gasteiger partial charge on any atom is 0.251 e. The average Bonchev–Trinajstić information content (AvgIpc) is 2.79. The molecule has 122 valence electrons. The number of halogens is 1. The van der Waals surface area contributed by atoms with Crippen LogP contribution in [0.5, 0.6) is 11.5 Å². The molecule has 1 N–H and O–H groups in total. The van der Waals surface area contributed by atoms with Crippen LogP contribution in [-0.2, 0) is 9.84 Å². The molecule has 1 aliphatic heterocycles. The van der Waals surface area contributed by atoms with E-state index in [1.165, 1.54) is 19.2 Å². The van der Waals surface area contributed by atoms with Crippen molar-refractivity contribution in [1.29, 1.82) is 0 Å². The molecule has 2 rings (SSSR count). The van der Waals surface area contributed by atoms with E-state index < -0.39 is 9.84 Å². The molecule has 22 heavy (non-hydrogen) atoms. The summed E-state index contributed by atoms with van der Waals surface area (Å²) in [6.45, 7) is 2.23. The van der Waals surface area contributed by atoms with Crippen molar-refractivity contribution in [3.05, 3.63) is 22.7 Å². The molecule has 0 unspecified atom stereocenters. The lowest BCUT2D eigenvalue weighted by Gasteiger charge is -2.15. The van der Waals surface area contributed by atoms with Crippen LogP contribution >= 0.6 is 11.6 Å². The Kier molecular flexibility index (Phi) is 5.18. The van der Waals surface area contributed by atoms with Gasteiger partial charge < -0.3 is 14.8 Å². The number of nitrogens with one attached hydrogen (secondary N) is 1. The fraction of sp³-hybridized carbons (Fsp3) is 0.500. The molecule has 8 heteroatoms. The number of rotatable bonds is 5. The second kappa shape index (κ2) is 6.75. The molecule has 1 aromatic carbocycles. The molecule has 1 aromatic rings. The van der Waals surface area contributed by atoms with Gasteiger partial charge in [0.2, 0.25) is 0 Å². The van der Waals surface area contributed by atoms with E-state index in [0.717, 1.165) is 0 Å². The second-order valence-electron chi connectivity index (χ2n) is 5.00. The highest BCUT2D eigenvalue weighted by molar-refractivity contribution is 7.91. The first-order valence-electron chi connectivity index (χ1n) is 6.88. The normalized spacial score (nSPS) is 19.7. The SMILES string of the molecule is CCOc1c(Cl)cc(C(=O)N[C@@H]2CCS(=O)(=O)C2)cc1OC. The van der Waals surface area contributed by atoms with Gasteiger partial charge in [-0.1, -0.05) is 11.6 Å². The van der Waals surface area contributed by atoms with Crippen LogP contribution in [0.15, 0.2) is 12.1 Å². The zero-order chi connectivity index (χ0) is 16.3. The van der Waals surface area contributed by atoms with Gasteiger partial charge in [-0.2, -0.15) is 0 Å². The standard InChI is InChI=1S/C14H18ClNO5S/c1-3-21-13-11(15)6-9(7-12(13)20-2)14(17)16-10-4-5-22(18,19)8-10/h6-7,10H,3-5,8H2,1-2H3,(H,16,17)/t10-/m1/s1. The van der Waals surface area contributed by atoms with E-state index in [1.807, 2.05) is 6.92 Å². The van der Waals surface area contributed by atoms with E-state index in [0.29, 0.717) is 30.1 Å². The van der Waals surface area contributed by atoms with Gasteiger partial charge in [0.25, 0.3) is 5.91 Å². The van der Waals surface area contributed by atoms with Gasteiger partial charge in [0.05, 0.1) is 30.2 Å². The van der Waals surface area contributed by atoms with Gasteiger partial charge >= 0.3 is 0 Å². The van der Waals surface area contributed by atoms with Gasteiger partial charge in [-0.3, -0.25) is 4.79 Å². The van der Waals surface area contributed by atoms with Crippen LogP contribution in [0, 0.1) is 0 Å². The molecular formula is C14H18ClNO5S. The Morgan fingerprint density at radius 1 is 1.45 bits per heavy atom. The van der Waals surface area contributed by atoms with Crippen LogP contribution in [0.1, 0.15) is 23.7 Å². The minimum Gasteiger partial charge on any atom is -0.493 e. The highest BCUT2D eigenvalue weighted by Gasteiger charge is 2.29. The van der Waals surface area contributed by atoms with Crippen molar-refractivity contribution in [3.63, 3.8) is 0 Å². The zero-order valence-electron chi connectivity index (χ0n) is 12.4. The van der Waals surface area contributed by atoms with Crippen molar-refractivity contribution < 1.29 is 22.7 Å². The predicted octanol–water partition coefficient (Wildman–Crippen LogP) is 1.66. The third-order valence-corrected chi connectivity index (χ3v) is 5.40. The fourth-order valence-electron chi connectivity index (χ4n) is 2.31. The van der Waals surface area contributed by atoms with Crippen LogP contribution in [0.2, 0.25) is 5.02 Å². The number of sulfone groups is 1. The Labute approximate surface area is 134 Å². The predicted molar refractivity (Wildman–Crippen MR) is 83.7 cm³/mol. The lowest BCUT2D eigenvalue weighted by atomic mass is 10.1. The molecule has 1 atom stereocenters. The first-order valence-corrected chi connectivity index (χ1v) is 9.08. The maximum atomic E-state index is 12.2. The van der Waals surface area contributed by atoms with Crippen molar-refractivity contribution in [3.8, 4) is 11.5 Å². The van der Waals surface area contributed by atoms with Gasteiger partial charge in [0, 0.05) is 11.6 Å². The Hall–Kier alpha value is -1.47. The zero-order valence-corrected chi connectivity index (χ0v) is 14.0. The number of methoxy groups -OCH3 is 1. The highest BCUT2D eigenvalue weighted by atomic mass is 35.5. The number of carbonyl (C=O) groups is 1. The summed E-state index contributed by atoms with van der Waals surface area (Å²) in [6, 6.07) is 2.64. The van der Waals surface area contributed by atoms with Gasteiger partial charge in [0.1, 0.15) is 0 Å². The smallest absolute Gasteiger partial charge is 0.251 e. The molecule has 0 aliphatic carbocycles. The van der Waals surface area contributed by atoms with Crippen molar-refractivity contribution in [2.24, 2.45) is 0 Å². The van der Waals surface area contributed by atoms with Gasteiger partial charge in [0.15, 0.2) is 21.3 Å². The maximum absolute atomic E-state index is 12.2. The lowest BCUT2D eigenvalue weighted by Crippen LogP contribution is -2.35. The minimum absolute atomic E-state index is 0.0271. The Bertz CT molecular complexity index is 674. The van der Waals surface area contributed by atoms with Crippen LogP contribution in [0.25, 0.3) is 0 Å². The topological polar surface area (TPSA) is 81.7 Å². The molecule has 1 amide bonds. The summed E-state index contributed by atoms with van der Waals surface area (Å²) in [5, 5.41) is 2.98. The fourth-order valence-corrected chi connectivity index (χ4v) is 4.25. The van der Waals surface area contributed by atoms with Crippen molar-refractivity contribution in [1.82, 2.24) is 5.32 Å². The molecule has 1 saturated heterocycles. The third kappa shape index (κ3) is 3.84. The van der Waals surface area contributed by atoms with E-state index >= 15 is 0 Å². The quantitative estimate of drug-likeness (QED) is 0.876. The molecule has 0 bridgehead atoms. The molecule has 0 aromatic heterocycles. The third-order valence-electron chi connectivity index (χ3n) is 3.35. The van der Waals surface area contributed by atoms with E-state index in [-0.39, 0.29) is 28.5 Å². The molecule has 1 fully saturated rings. The Morgan fingerprint density at radius 3 is 2.73 bits per heavy atom. The van der Waals surface area contributed by atoms with E-state index in [9.17, 15) is 13.2 Å². The van der Waals surface area contributed by atoms with Crippen LogP contribution in [0.4, 0.5) is 0 Å². The van der Waals surface area contributed by atoms with Gasteiger partial charge in [-0.05, 0) is 25.5 Å². The largest absolute Gasteiger partial charge is 0.493 e. The van der Waals surface area contributed by atoms with Crippen molar-refractivity contribution in [2.75, 3.05) is 25.2 Å². The minimum atomic E-state index is -3.04. The van der Waals surface area contributed by atoms with Crippen LogP contribution in [-0.4, -0.2) is 45.6 Å². The van der Waals surface area contributed by atoms with E-state index in [4.69, 9.17) is 21.1 Å². The van der Waals surface area contributed by atoms with Crippen molar-refractivity contribution in [2.45, 2.75) is 19.4 Å².